The molecule has 2 amide bonds. The zero-order valence-corrected chi connectivity index (χ0v) is 25.1. The van der Waals surface area contributed by atoms with Crippen molar-refractivity contribution >= 4 is 68.0 Å². The molecule has 1 aliphatic rings. The lowest BCUT2D eigenvalue weighted by Crippen LogP contribution is -2.38. The van der Waals surface area contributed by atoms with Crippen molar-refractivity contribution < 1.29 is 22.7 Å². The highest BCUT2D eigenvalue weighted by Crippen LogP contribution is 2.36. The molecule has 0 saturated carbocycles. The summed E-state index contributed by atoms with van der Waals surface area (Å²) in [5.41, 5.74) is 0.536. The average Bonchev–Trinajstić information content (AvgIpc) is 2.89. The quantitative estimate of drug-likeness (QED) is 0.386. The van der Waals surface area contributed by atoms with Gasteiger partial charge in [-0.3, -0.25) is 13.9 Å². The molecule has 0 spiro atoms. The number of amides is 2. The molecule has 2 heterocycles. The number of sulfonamides is 1. The van der Waals surface area contributed by atoms with E-state index in [4.69, 9.17) is 39.5 Å². The van der Waals surface area contributed by atoms with E-state index in [9.17, 15) is 18.0 Å². The lowest BCUT2D eigenvalue weighted by atomic mass is 10.2. The Morgan fingerprint density at radius 1 is 1.03 bits per heavy atom. The maximum absolute atomic E-state index is 13.2. The molecule has 0 aliphatic carbocycles. The summed E-state index contributed by atoms with van der Waals surface area (Å²) in [4.78, 5) is 28.5. The number of nitrogens with one attached hydrogen (secondary N) is 1. The van der Waals surface area contributed by atoms with Crippen LogP contribution in [0.4, 0.5) is 11.4 Å². The van der Waals surface area contributed by atoms with Crippen molar-refractivity contribution in [1.82, 2.24) is 9.88 Å². The molecule has 4 rings (SSSR count). The smallest absolute Gasteiger partial charge is 0.264 e. The van der Waals surface area contributed by atoms with Crippen molar-refractivity contribution in [2.24, 2.45) is 0 Å². The molecule has 0 fully saturated rings. The topological polar surface area (TPSA) is 109 Å². The minimum Gasteiger partial charge on any atom is -0.474 e. The second-order valence-electron chi connectivity index (χ2n) is 7.90. The fourth-order valence-corrected chi connectivity index (χ4v) is 5.37. The van der Waals surface area contributed by atoms with Gasteiger partial charge in [-0.15, -0.1) is 0 Å². The van der Waals surface area contributed by atoms with Crippen LogP contribution in [0.5, 0.6) is 5.88 Å². The zero-order valence-electron chi connectivity index (χ0n) is 22.0. The van der Waals surface area contributed by atoms with Crippen molar-refractivity contribution in [3.8, 4) is 5.88 Å². The number of ether oxygens (including phenoxy) is 1. The molecule has 0 saturated heterocycles. The van der Waals surface area contributed by atoms with Gasteiger partial charge >= 0.3 is 0 Å². The van der Waals surface area contributed by atoms with Gasteiger partial charge in [-0.25, -0.2) is 13.4 Å². The molecule has 3 aromatic rings. The van der Waals surface area contributed by atoms with Crippen molar-refractivity contribution in [3.63, 3.8) is 0 Å². The largest absolute Gasteiger partial charge is 0.474 e. The van der Waals surface area contributed by atoms with Gasteiger partial charge < -0.3 is 15.0 Å². The lowest BCUT2D eigenvalue weighted by molar-refractivity contribution is -0.126. The van der Waals surface area contributed by atoms with Crippen LogP contribution >= 0.6 is 34.8 Å². The summed E-state index contributed by atoms with van der Waals surface area (Å²) in [5.74, 6) is -0.334. The summed E-state index contributed by atoms with van der Waals surface area (Å²) in [6.07, 6.45) is 1.36. The molecule has 1 N–H and O–H groups in total. The van der Waals surface area contributed by atoms with Crippen molar-refractivity contribution in [2.45, 2.75) is 25.7 Å². The first-order valence-corrected chi connectivity index (χ1v) is 14.3. The summed E-state index contributed by atoms with van der Waals surface area (Å²) >= 11 is 18.1. The standard InChI is InChI=1S/C20H14Cl3N3O4S.C4H9NO.C2H6/c21-12-3-1-4-14(9-12)31(28,29)26-7-8-30-20-17(26)10-13(11-24-20)25-19(27)18-15(22)5-2-6-16(18)23;1-4(6)5(2)3;1-2/h1-6,9-11H,7-8H2,(H,25,27);1-3H3;1-2H3. The number of anilines is 2. The van der Waals surface area contributed by atoms with E-state index in [1.165, 1.54) is 40.5 Å². The van der Waals surface area contributed by atoms with Crippen LogP contribution in [0, 0.1) is 0 Å². The van der Waals surface area contributed by atoms with Gasteiger partial charge in [0.2, 0.25) is 11.8 Å². The zero-order chi connectivity index (χ0) is 29.3. The third-order valence-corrected chi connectivity index (χ3v) is 7.77. The molecule has 2 aromatic carbocycles. The SMILES string of the molecule is CC.CC(=O)N(C)C.O=C(Nc1cnc2c(c1)N(S(=O)(=O)c1cccc(Cl)c1)CCO2)c1c(Cl)cccc1Cl. The van der Waals surface area contributed by atoms with Crippen LogP contribution in [0.1, 0.15) is 31.1 Å². The number of pyridine rings is 1. The number of hydrogen-bond donors (Lipinski definition) is 1. The van der Waals surface area contributed by atoms with E-state index in [2.05, 4.69) is 10.3 Å². The van der Waals surface area contributed by atoms with E-state index in [0.717, 1.165) is 0 Å². The average molecular weight is 616 g/mol. The fourth-order valence-electron chi connectivity index (χ4n) is 3.06. The molecule has 0 radical (unpaired) electrons. The Kier molecular flexibility index (Phi) is 11.8. The Balaban J connectivity index is 0.000000590. The van der Waals surface area contributed by atoms with E-state index in [1.807, 2.05) is 13.8 Å². The Bertz CT molecular complexity index is 1410. The normalized spacial score (nSPS) is 11.9. The Hall–Kier alpha value is -3.05. The number of carbonyl (C=O) groups is 2. The number of hydrogen-bond acceptors (Lipinski definition) is 6. The minimum atomic E-state index is -3.93. The van der Waals surface area contributed by atoms with Gasteiger partial charge in [0.15, 0.2) is 0 Å². The van der Waals surface area contributed by atoms with Crippen molar-refractivity contribution in [3.05, 3.63) is 75.4 Å². The monoisotopic (exact) mass is 614 g/mol. The highest BCUT2D eigenvalue weighted by atomic mass is 35.5. The van der Waals surface area contributed by atoms with E-state index in [-0.39, 0.29) is 56.8 Å². The lowest BCUT2D eigenvalue weighted by Gasteiger charge is -2.30. The number of benzene rings is 2. The second kappa shape index (κ2) is 14.4. The van der Waals surface area contributed by atoms with Crippen molar-refractivity contribution in [1.29, 1.82) is 0 Å². The van der Waals surface area contributed by atoms with Crippen molar-refractivity contribution in [2.75, 3.05) is 36.9 Å². The van der Waals surface area contributed by atoms with Crippen LogP contribution in [-0.2, 0) is 14.8 Å². The molecule has 0 bridgehead atoms. The van der Waals surface area contributed by atoms with Gasteiger partial charge in [0.25, 0.3) is 15.9 Å². The minimum absolute atomic E-state index is 0.0325. The van der Waals surface area contributed by atoms with Crippen LogP contribution in [0.3, 0.4) is 0 Å². The second-order valence-corrected chi connectivity index (χ2v) is 11.0. The maximum Gasteiger partial charge on any atom is 0.264 e. The number of nitrogens with zero attached hydrogens (tertiary/aromatic N) is 3. The first-order chi connectivity index (χ1) is 18.4. The molecule has 9 nitrogen and oxygen atoms in total. The summed E-state index contributed by atoms with van der Waals surface area (Å²) in [7, 11) is -0.486. The predicted octanol–water partition coefficient (Wildman–Crippen LogP) is 6.00. The Labute approximate surface area is 243 Å². The molecule has 0 atom stereocenters. The number of carbonyl (C=O) groups excluding carboxylic acids is 2. The highest BCUT2D eigenvalue weighted by molar-refractivity contribution is 7.92. The fraction of sp³-hybridized carbons (Fsp3) is 0.269. The predicted molar refractivity (Wildman–Crippen MR) is 156 cm³/mol. The van der Waals surface area contributed by atoms with Crippen LogP contribution in [0.2, 0.25) is 15.1 Å². The molecule has 1 aromatic heterocycles. The summed E-state index contributed by atoms with van der Waals surface area (Å²) < 4.78 is 33.1. The molecule has 210 valence electrons. The Morgan fingerprint density at radius 3 is 2.18 bits per heavy atom. The third kappa shape index (κ3) is 8.22. The van der Waals surface area contributed by atoms with Gasteiger partial charge in [-0.1, -0.05) is 60.8 Å². The van der Waals surface area contributed by atoms with Crippen LogP contribution in [-0.4, -0.2) is 57.4 Å². The summed E-state index contributed by atoms with van der Waals surface area (Å²) in [6, 6.07) is 12.1. The molecule has 0 unspecified atom stereocenters. The Morgan fingerprint density at radius 2 is 1.62 bits per heavy atom. The molecule has 39 heavy (non-hydrogen) atoms. The van der Waals surface area contributed by atoms with E-state index >= 15 is 0 Å². The molecular weight excluding hydrogens is 587 g/mol. The molecule has 13 heteroatoms. The van der Waals surface area contributed by atoms with Crippen LogP contribution in [0.15, 0.2) is 59.6 Å². The molecule has 1 aliphatic heterocycles. The van der Waals surface area contributed by atoms with E-state index < -0.39 is 15.9 Å². The van der Waals surface area contributed by atoms with E-state index in [0.29, 0.717) is 5.02 Å². The van der Waals surface area contributed by atoms with Crippen LogP contribution < -0.4 is 14.4 Å². The first kappa shape index (κ1) is 32.2. The van der Waals surface area contributed by atoms with E-state index in [1.54, 1.807) is 44.4 Å². The first-order valence-electron chi connectivity index (χ1n) is 11.8. The third-order valence-electron chi connectivity index (χ3n) is 5.10. The maximum atomic E-state index is 13.2. The van der Waals surface area contributed by atoms with Crippen LogP contribution in [0.25, 0.3) is 0 Å². The number of fused-ring (bicyclic) bond motifs is 1. The molecular formula is C26H29Cl3N4O5S. The summed E-state index contributed by atoms with van der Waals surface area (Å²) in [6.45, 7) is 5.72. The van der Waals surface area contributed by atoms with Gasteiger partial charge in [0.05, 0.1) is 38.9 Å². The number of aromatic nitrogens is 1. The highest BCUT2D eigenvalue weighted by Gasteiger charge is 2.31. The van der Waals surface area contributed by atoms with Gasteiger partial charge in [0.1, 0.15) is 12.3 Å². The number of rotatable bonds is 4. The van der Waals surface area contributed by atoms with Gasteiger partial charge in [0, 0.05) is 26.0 Å². The number of halogens is 3. The van der Waals surface area contributed by atoms with Gasteiger partial charge in [-0.2, -0.15) is 0 Å². The summed E-state index contributed by atoms with van der Waals surface area (Å²) in [5, 5.41) is 3.31. The van der Waals surface area contributed by atoms with Gasteiger partial charge in [-0.05, 0) is 36.4 Å².